The molecule has 0 amide bonds. The molecule has 0 aromatic heterocycles. The predicted molar refractivity (Wildman–Crippen MR) is 129 cm³/mol. The first-order valence-corrected chi connectivity index (χ1v) is 10.9. The standard InChI is InChI=1S/C25H28ClF3N4/c1-17-11-18(2)23(19(3)12-17)33-16-32(15-22(33)26)21(24(30-4)25(27,28)29)14-31(5)13-20-9-7-6-8-10-20/h6-12,15H,4,13-14,16H2,1-3,5H3/b24-21-. The Hall–Kier alpha value is -2.77. The van der Waals surface area contributed by atoms with E-state index < -0.39 is 11.9 Å². The van der Waals surface area contributed by atoms with Gasteiger partial charge in [0, 0.05) is 25.0 Å². The highest BCUT2D eigenvalue weighted by atomic mass is 35.5. The Labute approximate surface area is 198 Å². The van der Waals surface area contributed by atoms with E-state index in [1.54, 1.807) is 7.05 Å². The Balaban J connectivity index is 1.95. The molecule has 0 fully saturated rings. The van der Waals surface area contributed by atoms with Crippen LogP contribution in [0.1, 0.15) is 22.3 Å². The fourth-order valence-electron chi connectivity index (χ4n) is 4.25. The maximum absolute atomic E-state index is 13.9. The largest absolute Gasteiger partial charge is 0.435 e. The summed E-state index contributed by atoms with van der Waals surface area (Å²) in [6.45, 7) is 9.80. The molecule has 0 bridgehead atoms. The normalized spacial score (nSPS) is 15.1. The summed E-state index contributed by atoms with van der Waals surface area (Å²) in [6, 6.07) is 13.6. The second-order valence-corrected chi connectivity index (χ2v) is 8.73. The molecule has 33 heavy (non-hydrogen) atoms. The Morgan fingerprint density at radius 1 is 1.12 bits per heavy atom. The van der Waals surface area contributed by atoms with E-state index in [0.717, 1.165) is 27.9 Å². The van der Waals surface area contributed by atoms with Gasteiger partial charge in [-0.2, -0.15) is 13.2 Å². The lowest BCUT2D eigenvalue weighted by Gasteiger charge is -2.30. The van der Waals surface area contributed by atoms with Crippen molar-refractivity contribution in [1.82, 2.24) is 9.80 Å². The fourth-order valence-corrected chi connectivity index (χ4v) is 4.51. The van der Waals surface area contributed by atoms with Crippen molar-refractivity contribution < 1.29 is 13.2 Å². The van der Waals surface area contributed by atoms with Crippen LogP contribution in [0.4, 0.5) is 18.9 Å². The molecule has 4 nitrogen and oxygen atoms in total. The van der Waals surface area contributed by atoms with E-state index >= 15 is 0 Å². The summed E-state index contributed by atoms with van der Waals surface area (Å²) in [5.74, 6) is 0. The predicted octanol–water partition coefficient (Wildman–Crippen LogP) is 6.34. The maximum atomic E-state index is 13.9. The highest BCUT2D eigenvalue weighted by Crippen LogP contribution is 2.37. The molecule has 0 radical (unpaired) electrons. The van der Waals surface area contributed by atoms with Crippen LogP contribution in [0.15, 0.2) is 70.2 Å². The number of likely N-dealkylation sites (N-methyl/N-ethyl adjacent to an activating group) is 1. The third-order valence-corrected chi connectivity index (χ3v) is 5.78. The first kappa shape index (κ1) is 24.9. The van der Waals surface area contributed by atoms with Gasteiger partial charge in [0.1, 0.15) is 11.8 Å². The molecule has 3 rings (SSSR count). The molecule has 0 N–H and O–H groups in total. The second kappa shape index (κ2) is 10.0. The van der Waals surface area contributed by atoms with Gasteiger partial charge in [-0.25, -0.2) is 0 Å². The second-order valence-electron chi connectivity index (χ2n) is 8.35. The number of anilines is 1. The van der Waals surface area contributed by atoms with Crippen LogP contribution < -0.4 is 4.90 Å². The van der Waals surface area contributed by atoms with Gasteiger partial charge >= 0.3 is 6.18 Å². The SMILES string of the molecule is C=N/C(=C(/CN(C)Cc1ccccc1)N1C=C(Cl)N(c2c(C)cc(C)cc2C)C1)C(F)(F)F. The number of nitrogens with zero attached hydrogens (tertiary/aromatic N) is 4. The molecule has 1 aliphatic heterocycles. The molecule has 0 spiro atoms. The van der Waals surface area contributed by atoms with Crippen molar-refractivity contribution in [2.24, 2.45) is 4.99 Å². The van der Waals surface area contributed by atoms with Crippen molar-refractivity contribution in [3.63, 3.8) is 0 Å². The number of alkyl halides is 3. The molecule has 2 aromatic carbocycles. The molecule has 0 unspecified atom stereocenters. The van der Waals surface area contributed by atoms with E-state index in [4.69, 9.17) is 11.6 Å². The molecule has 0 saturated carbocycles. The van der Waals surface area contributed by atoms with Crippen LogP contribution in [0, 0.1) is 20.8 Å². The lowest BCUT2D eigenvalue weighted by Crippen LogP contribution is -2.34. The Kier molecular flexibility index (Phi) is 7.55. The quantitative estimate of drug-likeness (QED) is 0.344. The zero-order chi connectivity index (χ0) is 24.3. The van der Waals surface area contributed by atoms with E-state index in [1.165, 1.54) is 11.1 Å². The monoisotopic (exact) mass is 476 g/mol. The van der Waals surface area contributed by atoms with E-state index in [0.29, 0.717) is 11.7 Å². The van der Waals surface area contributed by atoms with Crippen LogP contribution in [-0.4, -0.2) is 43.0 Å². The molecule has 0 saturated heterocycles. The van der Waals surface area contributed by atoms with Crippen molar-refractivity contribution in [3.8, 4) is 0 Å². The molecule has 0 aliphatic carbocycles. The lowest BCUT2D eigenvalue weighted by atomic mass is 10.0. The summed E-state index contributed by atoms with van der Waals surface area (Å²) < 4.78 is 41.7. The lowest BCUT2D eigenvalue weighted by molar-refractivity contribution is -0.0944. The van der Waals surface area contributed by atoms with Crippen LogP contribution in [-0.2, 0) is 6.54 Å². The van der Waals surface area contributed by atoms with E-state index in [9.17, 15) is 13.2 Å². The van der Waals surface area contributed by atoms with E-state index in [1.807, 2.05) is 73.0 Å². The molecule has 176 valence electrons. The highest BCUT2D eigenvalue weighted by molar-refractivity contribution is 6.31. The minimum atomic E-state index is -4.64. The minimum absolute atomic E-state index is 0.000927. The fraction of sp³-hybridized carbons (Fsp3) is 0.320. The van der Waals surface area contributed by atoms with Gasteiger partial charge in [-0.15, -0.1) is 0 Å². The van der Waals surface area contributed by atoms with Gasteiger partial charge < -0.3 is 9.80 Å². The average molecular weight is 477 g/mol. The summed E-state index contributed by atoms with van der Waals surface area (Å²) in [5.41, 5.74) is 4.00. The first-order chi connectivity index (χ1) is 15.5. The van der Waals surface area contributed by atoms with Crippen LogP contribution in [0.5, 0.6) is 0 Å². The molecule has 8 heteroatoms. The average Bonchev–Trinajstić information content (AvgIpc) is 3.08. The molecule has 2 aromatic rings. The van der Waals surface area contributed by atoms with Crippen molar-refractivity contribution in [2.45, 2.75) is 33.5 Å². The van der Waals surface area contributed by atoms with Gasteiger partial charge in [-0.1, -0.05) is 59.6 Å². The maximum Gasteiger partial charge on any atom is 0.435 e. The smallest absolute Gasteiger partial charge is 0.327 e. The number of allylic oxidation sites excluding steroid dienone is 1. The van der Waals surface area contributed by atoms with Gasteiger partial charge in [0.05, 0.1) is 5.70 Å². The first-order valence-electron chi connectivity index (χ1n) is 10.5. The Morgan fingerprint density at radius 2 is 1.73 bits per heavy atom. The van der Waals surface area contributed by atoms with Crippen molar-refractivity contribution in [3.05, 3.63) is 87.5 Å². The van der Waals surface area contributed by atoms with Crippen LogP contribution in [0.3, 0.4) is 0 Å². The summed E-state index contributed by atoms with van der Waals surface area (Å²) in [5, 5.41) is 0.346. The van der Waals surface area contributed by atoms with Crippen LogP contribution >= 0.6 is 11.6 Å². The number of benzene rings is 2. The topological polar surface area (TPSA) is 22.1 Å². The van der Waals surface area contributed by atoms with Gasteiger partial charge in [-0.05, 0) is 51.2 Å². The zero-order valence-electron chi connectivity index (χ0n) is 19.2. The van der Waals surface area contributed by atoms with Crippen molar-refractivity contribution in [1.29, 1.82) is 0 Å². The summed E-state index contributed by atoms with van der Waals surface area (Å²) in [6.07, 6.45) is -3.11. The molecule has 1 heterocycles. The molecular formula is C25H28ClF3N4. The number of halogens is 4. The van der Waals surface area contributed by atoms with Crippen LogP contribution in [0.25, 0.3) is 0 Å². The van der Waals surface area contributed by atoms with Gasteiger partial charge in [0.2, 0.25) is 0 Å². The molecule has 0 atom stereocenters. The summed E-state index contributed by atoms with van der Waals surface area (Å²) >= 11 is 6.55. The summed E-state index contributed by atoms with van der Waals surface area (Å²) in [4.78, 5) is 8.53. The third kappa shape index (κ3) is 5.78. The number of aliphatic imine (C=N–C) groups is 1. The van der Waals surface area contributed by atoms with Crippen molar-refractivity contribution in [2.75, 3.05) is 25.2 Å². The molecular weight excluding hydrogens is 449 g/mol. The van der Waals surface area contributed by atoms with Gasteiger partial charge in [0.15, 0.2) is 5.70 Å². The van der Waals surface area contributed by atoms with Crippen LogP contribution in [0.2, 0.25) is 0 Å². The Bertz CT molecular complexity index is 1050. The minimum Gasteiger partial charge on any atom is -0.327 e. The highest BCUT2D eigenvalue weighted by Gasteiger charge is 2.39. The van der Waals surface area contributed by atoms with E-state index in [-0.39, 0.29) is 18.9 Å². The Morgan fingerprint density at radius 3 is 2.27 bits per heavy atom. The molecule has 1 aliphatic rings. The summed E-state index contributed by atoms with van der Waals surface area (Å²) in [7, 11) is 1.78. The zero-order valence-corrected chi connectivity index (χ0v) is 20.0. The number of hydrogen-bond acceptors (Lipinski definition) is 4. The van der Waals surface area contributed by atoms with E-state index in [2.05, 4.69) is 11.7 Å². The third-order valence-electron chi connectivity index (χ3n) is 5.48. The number of rotatable bonds is 7. The number of hydrogen-bond donors (Lipinski definition) is 0. The van der Waals surface area contributed by atoms with Gasteiger partial charge in [0.25, 0.3) is 0 Å². The van der Waals surface area contributed by atoms with Gasteiger partial charge in [-0.3, -0.25) is 9.89 Å². The number of aryl methyl sites for hydroxylation is 3. The van der Waals surface area contributed by atoms with Crippen molar-refractivity contribution >= 4 is 24.0 Å².